The Morgan fingerprint density at radius 3 is 1.38 bits per heavy atom. The van der Waals surface area contributed by atoms with Crippen LogP contribution in [0.1, 0.15) is 117 Å². The standard InChI is InChI=1S/C38H52F2O2/c1-3-5-7-9-11-12-13-14-16-17-29-41-34-25-23-32(24-26-34)31-19-21-33(22-20-31)35-27-28-36(38(40)37(35)39)42-30-18-15-10-8-6-4-2/h19-28H,3-18,29-30H2,1-2H3. The molecule has 230 valence electrons. The average Bonchev–Trinajstić information content (AvgIpc) is 3.02. The zero-order chi connectivity index (χ0) is 29.8. The number of benzene rings is 3. The summed E-state index contributed by atoms with van der Waals surface area (Å²) in [5, 5.41) is 0. The van der Waals surface area contributed by atoms with Crippen LogP contribution >= 0.6 is 0 Å². The largest absolute Gasteiger partial charge is 0.494 e. The Morgan fingerprint density at radius 2 is 0.857 bits per heavy atom. The predicted molar refractivity (Wildman–Crippen MR) is 173 cm³/mol. The molecule has 0 saturated heterocycles. The maximum Gasteiger partial charge on any atom is 0.201 e. The van der Waals surface area contributed by atoms with Crippen LogP contribution in [0, 0.1) is 11.6 Å². The molecule has 0 N–H and O–H groups in total. The van der Waals surface area contributed by atoms with Crippen LogP contribution in [0.2, 0.25) is 0 Å². The molecule has 4 heteroatoms. The second-order valence-corrected chi connectivity index (χ2v) is 11.5. The summed E-state index contributed by atoms with van der Waals surface area (Å²) in [6.45, 7) is 5.60. The molecule has 0 aromatic heterocycles. The normalized spacial score (nSPS) is 11.1. The van der Waals surface area contributed by atoms with Gasteiger partial charge in [-0.2, -0.15) is 4.39 Å². The van der Waals surface area contributed by atoms with E-state index >= 15 is 0 Å². The van der Waals surface area contributed by atoms with Crippen LogP contribution in [-0.4, -0.2) is 13.2 Å². The minimum atomic E-state index is -0.920. The van der Waals surface area contributed by atoms with Crippen molar-refractivity contribution in [2.75, 3.05) is 13.2 Å². The van der Waals surface area contributed by atoms with Gasteiger partial charge in [-0.05, 0) is 53.8 Å². The first-order chi connectivity index (χ1) is 20.6. The Bertz CT molecular complexity index is 1130. The molecule has 3 aromatic carbocycles. The molecular formula is C38H52F2O2. The average molecular weight is 579 g/mol. The lowest BCUT2D eigenvalue weighted by Crippen LogP contribution is -2.01. The van der Waals surface area contributed by atoms with Crippen molar-refractivity contribution in [2.24, 2.45) is 0 Å². The van der Waals surface area contributed by atoms with E-state index in [2.05, 4.69) is 13.8 Å². The molecule has 0 radical (unpaired) electrons. The molecule has 0 amide bonds. The molecule has 3 rings (SSSR count). The van der Waals surface area contributed by atoms with Crippen molar-refractivity contribution in [3.63, 3.8) is 0 Å². The third-order valence-corrected chi connectivity index (χ3v) is 7.95. The number of hydrogen-bond donors (Lipinski definition) is 0. The lowest BCUT2D eigenvalue weighted by Gasteiger charge is -2.11. The van der Waals surface area contributed by atoms with Gasteiger partial charge in [0, 0.05) is 5.56 Å². The van der Waals surface area contributed by atoms with Gasteiger partial charge in [0.25, 0.3) is 0 Å². The monoisotopic (exact) mass is 578 g/mol. The van der Waals surface area contributed by atoms with Gasteiger partial charge in [-0.3, -0.25) is 0 Å². The molecule has 2 nitrogen and oxygen atoms in total. The molecule has 0 saturated carbocycles. The Balaban J connectivity index is 1.41. The molecule has 0 unspecified atom stereocenters. The van der Waals surface area contributed by atoms with Crippen molar-refractivity contribution >= 4 is 0 Å². The topological polar surface area (TPSA) is 18.5 Å². The number of unbranched alkanes of at least 4 members (excludes halogenated alkanes) is 14. The molecule has 0 atom stereocenters. The fourth-order valence-electron chi connectivity index (χ4n) is 5.30. The van der Waals surface area contributed by atoms with Gasteiger partial charge in [0.1, 0.15) is 5.75 Å². The Hall–Kier alpha value is -2.88. The third-order valence-electron chi connectivity index (χ3n) is 7.95. The van der Waals surface area contributed by atoms with Gasteiger partial charge in [0.2, 0.25) is 5.82 Å². The Morgan fingerprint density at radius 1 is 0.429 bits per heavy atom. The summed E-state index contributed by atoms with van der Waals surface area (Å²) in [4.78, 5) is 0. The number of halogens is 2. The highest BCUT2D eigenvalue weighted by Gasteiger charge is 2.16. The van der Waals surface area contributed by atoms with Crippen molar-refractivity contribution in [1.82, 2.24) is 0 Å². The molecule has 0 fully saturated rings. The first-order valence-electron chi connectivity index (χ1n) is 16.6. The van der Waals surface area contributed by atoms with Gasteiger partial charge >= 0.3 is 0 Å². The van der Waals surface area contributed by atoms with E-state index in [-0.39, 0.29) is 11.3 Å². The summed E-state index contributed by atoms with van der Waals surface area (Å²) in [5.41, 5.74) is 2.94. The highest BCUT2D eigenvalue weighted by molar-refractivity contribution is 5.71. The van der Waals surface area contributed by atoms with Crippen molar-refractivity contribution in [3.05, 3.63) is 72.3 Å². The van der Waals surface area contributed by atoms with Crippen LogP contribution in [-0.2, 0) is 0 Å². The molecule has 0 heterocycles. The van der Waals surface area contributed by atoms with E-state index in [1.165, 1.54) is 83.1 Å². The maximum absolute atomic E-state index is 14.9. The van der Waals surface area contributed by atoms with Crippen LogP contribution in [0.25, 0.3) is 22.3 Å². The highest BCUT2D eigenvalue weighted by Crippen LogP contribution is 2.32. The van der Waals surface area contributed by atoms with Crippen LogP contribution in [0.15, 0.2) is 60.7 Å². The molecule has 0 aliphatic heterocycles. The quantitative estimate of drug-likeness (QED) is 0.110. The van der Waals surface area contributed by atoms with Crippen LogP contribution < -0.4 is 9.47 Å². The second kappa shape index (κ2) is 20.1. The lowest BCUT2D eigenvalue weighted by molar-refractivity contribution is 0.285. The first kappa shape index (κ1) is 33.6. The van der Waals surface area contributed by atoms with Crippen molar-refractivity contribution in [1.29, 1.82) is 0 Å². The molecule has 0 aliphatic carbocycles. The molecule has 3 aromatic rings. The summed E-state index contributed by atoms with van der Waals surface area (Å²) < 4.78 is 41.1. The van der Waals surface area contributed by atoms with Gasteiger partial charge in [0.05, 0.1) is 13.2 Å². The molecular weight excluding hydrogens is 526 g/mol. The Labute approximate surface area is 253 Å². The van der Waals surface area contributed by atoms with Crippen LogP contribution in [0.4, 0.5) is 8.78 Å². The van der Waals surface area contributed by atoms with E-state index in [0.717, 1.165) is 49.2 Å². The summed E-state index contributed by atoms with van der Waals surface area (Å²) in [5.74, 6) is -0.928. The fraction of sp³-hybridized carbons (Fsp3) is 0.526. The zero-order valence-electron chi connectivity index (χ0n) is 26.1. The van der Waals surface area contributed by atoms with Gasteiger partial charge in [0.15, 0.2) is 11.6 Å². The van der Waals surface area contributed by atoms with Crippen molar-refractivity contribution in [2.45, 2.75) is 117 Å². The predicted octanol–water partition coefficient (Wildman–Crippen LogP) is 12.3. The van der Waals surface area contributed by atoms with E-state index in [0.29, 0.717) is 12.2 Å². The highest BCUT2D eigenvalue weighted by atomic mass is 19.2. The molecule has 0 spiro atoms. The van der Waals surface area contributed by atoms with E-state index < -0.39 is 11.6 Å². The number of ether oxygens (including phenoxy) is 2. The van der Waals surface area contributed by atoms with Gasteiger partial charge in [-0.25, -0.2) is 4.39 Å². The van der Waals surface area contributed by atoms with Gasteiger partial charge in [-0.1, -0.05) is 140 Å². The minimum absolute atomic E-state index is 0.0168. The SMILES string of the molecule is CCCCCCCCCCCCOc1ccc(-c2ccc(-c3ccc(OCCCCCCCC)c(F)c3F)cc2)cc1. The molecule has 42 heavy (non-hydrogen) atoms. The van der Waals surface area contributed by atoms with Gasteiger partial charge < -0.3 is 9.47 Å². The number of hydrogen-bond acceptors (Lipinski definition) is 2. The van der Waals surface area contributed by atoms with Crippen molar-refractivity contribution < 1.29 is 18.3 Å². The summed E-state index contributed by atoms with van der Waals surface area (Å²) in [6.07, 6.45) is 19.8. The van der Waals surface area contributed by atoms with E-state index in [9.17, 15) is 8.78 Å². The Kier molecular flexibility index (Phi) is 16.1. The number of rotatable bonds is 22. The zero-order valence-corrected chi connectivity index (χ0v) is 26.1. The maximum atomic E-state index is 14.9. The van der Waals surface area contributed by atoms with Crippen molar-refractivity contribution in [3.8, 4) is 33.8 Å². The second-order valence-electron chi connectivity index (χ2n) is 11.5. The summed E-state index contributed by atoms with van der Waals surface area (Å²) in [6, 6.07) is 18.8. The van der Waals surface area contributed by atoms with Crippen LogP contribution in [0.5, 0.6) is 11.5 Å². The molecule has 0 bridgehead atoms. The third kappa shape index (κ3) is 11.8. The van der Waals surface area contributed by atoms with Gasteiger partial charge in [-0.15, -0.1) is 0 Å². The van der Waals surface area contributed by atoms with E-state index in [4.69, 9.17) is 9.47 Å². The minimum Gasteiger partial charge on any atom is -0.494 e. The summed E-state index contributed by atoms with van der Waals surface area (Å²) in [7, 11) is 0. The lowest BCUT2D eigenvalue weighted by atomic mass is 9.99. The first-order valence-corrected chi connectivity index (χ1v) is 16.6. The van der Waals surface area contributed by atoms with E-state index in [1.54, 1.807) is 6.07 Å². The fourth-order valence-corrected chi connectivity index (χ4v) is 5.30. The van der Waals surface area contributed by atoms with E-state index in [1.807, 2.05) is 48.5 Å². The van der Waals surface area contributed by atoms with Crippen LogP contribution in [0.3, 0.4) is 0 Å². The molecule has 0 aliphatic rings. The smallest absolute Gasteiger partial charge is 0.201 e. The summed E-state index contributed by atoms with van der Waals surface area (Å²) >= 11 is 0.